The van der Waals surface area contributed by atoms with Gasteiger partial charge in [0.2, 0.25) is 0 Å². The Morgan fingerprint density at radius 1 is 1.17 bits per heavy atom. The van der Waals surface area contributed by atoms with E-state index in [1.54, 1.807) is 0 Å². The monoisotopic (exact) mass is 268 g/mol. The molecule has 102 valence electrons. The lowest BCUT2D eigenvalue weighted by Crippen LogP contribution is -2.40. The maximum absolute atomic E-state index is 6.12. The molecule has 18 heavy (non-hydrogen) atoms. The van der Waals surface area contributed by atoms with Gasteiger partial charge in [-0.25, -0.2) is 5.90 Å². The number of hydrogen-bond donors (Lipinski definition) is 1. The van der Waals surface area contributed by atoms with Gasteiger partial charge in [0.05, 0.1) is 18.0 Å². The number of hydrogen-bond acceptors (Lipinski definition) is 4. The Morgan fingerprint density at radius 3 is 2.22 bits per heavy atom. The Labute approximate surface area is 111 Å². The van der Waals surface area contributed by atoms with Crippen molar-refractivity contribution in [3.05, 3.63) is 29.6 Å². The van der Waals surface area contributed by atoms with Gasteiger partial charge in [-0.1, -0.05) is 26.8 Å². The molecule has 1 aromatic rings. The van der Waals surface area contributed by atoms with E-state index in [-0.39, 0.29) is 5.04 Å². The van der Waals surface area contributed by atoms with E-state index in [0.29, 0.717) is 13.2 Å². The molecule has 4 nitrogen and oxygen atoms in total. The predicted molar refractivity (Wildman–Crippen MR) is 75.2 cm³/mol. The topological polar surface area (TPSA) is 57.4 Å². The number of rotatable bonds is 5. The molecule has 0 amide bonds. The van der Waals surface area contributed by atoms with E-state index in [0.717, 1.165) is 11.4 Å². The fourth-order valence-electron chi connectivity index (χ4n) is 1.25. The summed E-state index contributed by atoms with van der Waals surface area (Å²) in [4.78, 5) is 9.03. The van der Waals surface area contributed by atoms with Crippen molar-refractivity contribution in [1.29, 1.82) is 0 Å². The first-order valence-electron chi connectivity index (χ1n) is 6.17. The van der Waals surface area contributed by atoms with Crippen LogP contribution < -0.4 is 5.90 Å². The van der Waals surface area contributed by atoms with Crippen LogP contribution in [0.5, 0.6) is 0 Å². The van der Waals surface area contributed by atoms with Crippen LogP contribution in [0.25, 0.3) is 0 Å². The van der Waals surface area contributed by atoms with Crippen LogP contribution in [0.15, 0.2) is 18.2 Å². The molecule has 1 aromatic heterocycles. The lowest BCUT2D eigenvalue weighted by atomic mass is 10.2. The molecular weight excluding hydrogens is 244 g/mol. The maximum Gasteiger partial charge on any atom is 0.192 e. The zero-order valence-electron chi connectivity index (χ0n) is 12.0. The first-order valence-corrected chi connectivity index (χ1v) is 9.07. The van der Waals surface area contributed by atoms with Crippen LogP contribution in [-0.4, -0.2) is 13.3 Å². The van der Waals surface area contributed by atoms with Crippen molar-refractivity contribution >= 4 is 8.32 Å². The second kappa shape index (κ2) is 5.93. The minimum Gasteiger partial charge on any atom is -0.411 e. The van der Waals surface area contributed by atoms with Crippen LogP contribution in [0.1, 0.15) is 32.2 Å². The summed E-state index contributed by atoms with van der Waals surface area (Å²) in [5, 5.41) is 0.213. The summed E-state index contributed by atoms with van der Waals surface area (Å²) < 4.78 is 6.12. The Bertz CT molecular complexity index is 389. The third kappa shape index (κ3) is 4.17. The van der Waals surface area contributed by atoms with E-state index in [4.69, 9.17) is 10.3 Å². The van der Waals surface area contributed by atoms with Crippen molar-refractivity contribution in [2.45, 2.75) is 52.1 Å². The van der Waals surface area contributed by atoms with Gasteiger partial charge < -0.3 is 4.43 Å². The fraction of sp³-hybridized carbons (Fsp3) is 0.615. The van der Waals surface area contributed by atoms with Crippen molar-refractivity contribution in [3.63, 3.8) is 0 Å². The van der Waals surface area contributed by atoms with E-state index >= 15 is 0 Å². The fourth-order valence-corrected chi connectivity index (χ4v) is 2.19. The highest BCUT2D eigenvalue weighted by molar-refractivity contribution is 6.74. The van der Waals surface area contributed by atoms with Gasteiger partial charge in [-0.15, -0.1) is 0 Å². The van der Waals surface area contributed by atoms with Gasteiger partial charge in [-0.3, -0.25) is 9.82 Å². The molecule has 2 N–H and O–H groups in total. The summed E-state index contributed by atoms with van der Waals surface area (Å²) >= 11 is 0. The van der Waals surface area contributed by atoms with Crippen LogP contribution in [-0.2, 0) is 22.5 Å². The zero-order chi connectivity index (χ0) is 13.8. The van der Waals surface area contributed by atoms with Crippen LogP contribution in [0.2, 0.25) is 18.1 Å². The summed E-state index contributed by atoms with van der Waals surface area (Å²) in [6.45, 7) is 12.0. The second-order valence-electron chi connectivity index (χ2n) is 5.98. The van der Waals surface area contributed by atoms with Crippen LogP contribution in [0.3, 0.4) is 0 Å². The van der Waals surface area contributed by atoms with E-state index < -0.39 is 8.32 Å². The molecule has 0 atom stereocenters. The normalized spacial score (nSPS) is 12.8. The molecule has 0 fully saturated rings. The van der Waals surface area contributed by atoms with E-state index in [1.807, 2.05) is 18.2 Å². The van der Waals surface area contributed by atoms with E-state index in [9.17, 15) is 0 Å². The van der Waals surface area contributed by atoms with Crippen molar-refractivity contribution in [1.82, 2.24) is 4.98 Å². The quantitative estimate of drug-likeness (QED) is 0.659. The third-order valence-corrected chi connectivity index (χ3v) is 7.96. The van der Waals surface area contributed by atoms with Crippen LogP contribution >= 0.6 is 0 Å². The molecule has 0 aliphatic heterocycles. The summed E-state index contributed by atoms with van der Waals surface area (Å²) in [6, 6.07) is 5.81. The highest BCUT2D eigenvalue weighted by Gasteiger charge is 2.37. The Balaban J connectivity index is 2.66. The van der Waals surface area contributed by atoms with Crippen molar-refractivity contribution in [2.24, 2.45) is 5.90 Å². The Hall–Kier alpha value is -0.753. The van der Waals surface area contributed by atoms with Crippen LogP contribution in [0, 0.1) is 0 Å². The standard InChI is InChI=1S/C13H24N2O2Si/c1-13(2,3)18(4,5)17-10-12-8-6-7-11(15-12)9-16-14/h6-8H,9-10,14H2,1-5H3. The molecule has 1 rings (SSSR count). The molecule has 5 heteroatoms. The Morgan fingerprint density at radius 2 is 1.72 bits per heavy atom. The average molecular weight is 268 g/mol. The lowest BCUT2D eigenvalue weighted by molar-refractivity contribution is 0.121. The van der Waals surface area contributed by atoms with Gasteiger partial charge in [-0.05, 0) is 30.3 Å². The van der Waals surface area contributed by atoms with Crippen molar-refractivity contribution in [3.8, 4) is 0 Å². The van der Waals surface area contributed by atoms with E-state index in [1.165, 1.54) is 0 Å². The largest absolute Gasteiger partial charge is 0.411 e. The predicted octanol–water partition coefficient (Wildman–Crippen LogP) is 2.99. The molecular formula is C13H24N2O2Si. The maximum atomic E-state index is 6.12. The molecule has 0 aliphatic rings. The molecule has 0 bridgehead atoms. The lowest BCUT2D eigenvalue weighted by Gasteiger charge is -2.36. The van der Waals surface area contributed by atoms with Gasteiger partial charge in [0.1, 0.15) is 6.61 Å². The molecule has 0 radical (unpaired) electrons. The summed E-state index contributed by atoms with van der Waals surface area (Å²) in [7, 11) is -1.72. The number of pyridine rings is 1. The van der Waals surface area contributed by atoms with Crippen LogP contribution in [0.4, 0.5) is 0 Å². The number of nitrogens with two attached hydrogens (primary N) is 1. The minimum atomic E-state index is -1.72. The molecule has 0 unspecified atom stereocenters. The van der Waals surface area contributed by atoms with Gasteiger partial charge in [-0.2, -0.15) is 0 Å². The molecule has 0 aliphatic carbocycles. The molecule has 0 spiro atoms. The zero-order valence-corrected chi connectivity index (χ0v) is 13.0. The highest BCUT2D eigenvalue weighted by Crippen LogP contribution is 2.36. The molecule has 0 saturated heterocycles. The molecule has 0 aromatic carbocycles. The number of nitrogens with zero attached hydrogens (tertiary/aromatic N) is 1. The number of aromatic nitrogens is 1. The second-order valence-corrected chi connectivity index (χ2v) is 10.8. The first kappa shape index (κ1) is 15.3. The summed E-state index contributed by atoms with van der Waals surface area (Å²) in [6.07, 6.45) is 0. The highest BCUT2D eigenvalue weighted by atomic mass is 28.4. The minimum absolute atomic E-state index is 0.213. The van der Waals surface area contributed by atoms with Crippen molar-refractivity contribution in [2.75, 3.05) is 0 Å². The van der Waals surface area contributed by atoms with Gasteiger partial charge in [0, 0.05) is 0 Å². The summed E-state index contributed by atoms with van der Waals surface area (Å²) in [5.74, 6) is 5.05. The molecule has 0 saturated carbocycles. The SMILES string of the molecule is CC(C)(C)[Si](C)(C)OCc1cccc(CON)n1. The van der Waals surface area contributed by atoms with Gasteiger partial charge in [0.25, 0.3) is 0 Å². The Kier molecular flexibility index (Phi) is 5.04. The van der Waals surface area contributed by atoms with E-state index in [2.05, 4.69) is 43.7 Å². The first-order chi connectivity index (χ1) is 8.26. The average Bonchev–Trinajstić information content (AvgIpc) is 2.26. The third-order valence-electron chi connectivity index (χ3n) is 3.48. The van der Waals surface area contributed by atoms with Crippen molar-refractivity contribution < 1.29 is 9.26 Å². The molecule has 1 heterocycles. The summed E-state index contributed by atoms with van der Waals surface area (Å²) in [5.41, 5.74) is 1.75. The van der Waals surface area contributed by atoms with Gasteiger partial charge >= 0.3 is 0 Å². The van der Waals surface area contributed by atoms with Gasteiger partial charge in [0.15, 0.2) is 8.32 Å². The smallest absolute Gasteiger partial charge is 0.192 e.